The number of ether oxygens (including phenoxy) is 5. The fraction of sp³-hybridized carbons (Fsp3) is 0.426. The minimum atomic E-state index is -2.74. The van der Waals surface area contributed by atoms with Crippen molar-refractivity contribution in [2.45, 2.75) is 115 Å². The number of para-hydroxylation sites is 1. The summed E-state index contributed by atoms with van der Waals surface area (Å²) in [5.41, 5.74) is 0.781. The minimum absolute atomic E-state index is 0.0142. The Labute approximate surface area is 430 Å². The molecule has 1 unspecified atom stereocenters. The third-order valence-electron chi connectivity index (χ3n) is 13.1. The predicted molar refractivity (Wildman–Crippen MR) is 283 cm³/mol. The maximum atomic E-state index is 13.8. The molecule has 0 saturated carbocycles. The second kappa shape index (κ2) is 23.9. The Kier molecular flexibility index (Phi) is 17.9. The zero-order valence-corrected chi connectivity index (χ0v) is 45.4. The van der Waals surface area contributed by atoms with Crippen LogP contribution in [0.3, 0.4) is 0 Å². The van der Waals surface area contributed by atoms with E-state index in [1.54, 1.807) is 43.1 Å². The van der Waals surface area contributed by atoms with E-state index in [9.17, 15) is 14.9 Å². The van der Waals surface area contributed by atoms with E-state index in [1.165, 1.54) is 6.33 Å². The highest BCUT2D eigenvalue weighted by Gasteiger charge is 2.54. The molecular weight excluding hydrogens is 966 g/mol. The van der Waals surface area contributed by atoms with Gasteiger partial charge in [-0.25, -0.2) is 9.65 Å². The molecule has 0 radical (unpaired) electrons. The van der Waals surface area contributed by atoms with E-state index in [0.29, 0.717) is 17.2 Å². The Morgan fingerprint density at radius 2 is 1.44 bits per heavy atom. The molecule has 1 amide bonds. The molecule has 17 nitrogen and oxygen atoms in total. The second-order valence-corrected chi connectivity index (χ2v) is 25.9. The van der Waals surface area contributed by atoms with Crippen LogP contribution in [0.15, 0.2) is 120 Å². The van der Waals surface area contributed by atoms with Crippen molar-refractivity contribution < 1.29 is 42.0 Å². The van der Waals surface area contributed by atoms with Gasteiger partial charge in [0, 0.05) is 12.1 Å². The Hall–Kier alpha value is -6.00. The van der Waals surface area contributed by atoms with Crippen molar-refractivity contribution in [2.24, 2.45) is 0 Å². The Morgan fingerprint density at radius 3 is 1.99 bits per heavy atom. The fourth-order valence-electron chi connectivity index (χ4n) is 8.52. The molecule has 7 rings (SSSR count). The average molecular weight is 1030 g/mol. The molecule has 2 N–H and O–H groups in total. The second-order valence-electron chi connectivity index (χ2n) is 19.7. The van der Waals surface area contributed by atoms with E-state index in [4.69, 9.17) is 42.1 Å². The molecule has 1 aliphatic heterocycles. The number of hydrogen-bond acceptors (Lipinski definition) is 14. The van der Waals surface area contributed by atoms with Crippen LogP contribution >= 0.6 is 8.53 Å². The number of carbonyl (C=O) groups excluding carboxylic acids is 1. The quantitative estimate of drug-likeness (QED) is 0.0266. The van der Waals surface area contributed by atoms with E-state index < -0.39 is 58.5 Å². The topological polar surface area (TPSA) is 194 Å². The van der Waals surface area contributed by atoms with Crippen molar-refractivity contribution in [3.63, 3.8) is 0 Å². The highest BCUT2D eigenvalue weighted by atomic mass is 31.2. The van der Waals surface area contributed by atoms with Crippen molar-refractivity contribution in [1.29, 1.82) is 5.26 Å². The molecule has 5 atom stereocenters. The molecule has 4 aromatic carbocycles. The third kappa shape index (κ3) is 12.5. The average Bonchev–Trinajstić information content (AvgIpc) is 3.94. The first-order chi connectivity index (χ1) is 34.9. The molecule has 73 heavy (non-hydrogen) atoms. The monoisotopic (exact) mass is 1030 g/mol. The van der Waals surface area contributed by atoms with Crippen molar-refractivity contribution in [3.05, 3.63) is 143 Å². The predicted octanol–water partition coefficient (Wildman–Crippen LogP) is 10.1. The van der Waals surface area contributed by atoms with Gasteiger partial charge in [-0.15, -0.1) is 0 Å². The number of aromatic amines is 1. The number of H-pyrrole nitrogens is 1. The van der Waals surface area contributed by atoms with Crippen LogP contribution in [0.2, 0.25) is 18.1 Å². The summed E-state index contributed by atoms with van der Waals surface area (Å²) in [5.74, 6) is 1.20. The van der Waals surface area contributed by atoms with E-state index in [0.717, 1.165) is 16.7 Å². The molecule has 0 bridgehead atoms. The molecule has 19 heteroatoms. The largest absolute Gasteiger partial charge is 0.497 e. The minimum Gasteiger partial charge on any atom is -0.497 e. The number of methoxy groups -OCH3 is 2. The highest BCUT2D eigenvalue weighted by molar-refractivity contribution is 7.44. The third-order valence-corrected chi connectivity index (χ3v) is 19.7. The first kappa shape index (κ1) is 54.8. The molecule has 6 aromatic rings. The highest BCUT2D eigenvalue weighted by Crippen LogP contribution is 2.53. The maximum Gasteiger partial charge on any atom is 0.280 e. The van der Waals surface area contributed by atoms with Gasteiger partial charge in [-0.2, -0.15) is 10.2 Å². The Balaban J connectivity index is 1.39. The molecule has 2 aromatic heterocycles. The lowest BCUT2D eigenvalue weighted by molar-refractivity contribution is -0.118. The van der Waals surface area contributed by atoms with Crippen molar-refractivity contribution in [3.8, 4) is 23.3 Å². The molecule has 3 heterocycles. The summed E-state index contributed by atoms with van der Waals surface area (Å²) < 4.78 is 57.1. The molecule has 0 spiro atoms. The van der Waals surface area contributed by atoms with Gasteiger partial charge in [-0.3, -0.25) is 24.5 Å². The van der Waals surface area contributed by atoms with E-state index in [2.05, 4.69) is 87.6 Å². The van der Waals surface area contributed by atoms with Crippen LogP contribution in [0.25, 0.3) is 11.2 Å². The first-order valence-corrected chi connectivity index (χ1v) is 28.5. The SMILES string of the molecule is COc1ccc(C(OC[C@H]2O[C@@H](n3cnc4c(=O)[nH]c(NC(=O)COc5ccccc5)nc43)[C@H](O[Si](C)(C)C(C)(C)C)[C@@H]2OP(OCCC#N)N(C(C)C)C(C)C)(c2ccccc2)c2ccc(OC)cc2)cc1. The smallest absolute Gasteiger partial charge is 0.280 e. The van der Waals surface area contributed by atoms with E-state index in [1.807, 2.05) is 84.9 Å². The van der Waals surface area contributed by atoms with Gasteiger partial charge in [0.15, 0.2) is 32.3 Å². The summed E-state index contributed by atoms with van der Waals surface area (Å²) in [4.78, 5) is 39.0. The summed E-state index contributed by atoms with van der Waals surface area (Å²) >= 11 is 0. The van der Waals surface area contributed by atoms with Crippen molar-refractivity contribution in [2.75, 3.05) is 39.4 Å². The van der Waals surface area contributed by atoms with E-state index >= 15 is 0 Å². The fourth-order valence-corrected chi connectivity index (χ4v) is 11.6. The van der Waals surface area contributed by atoms with Gasteiger partial charge in [0.05, 0.1) is 46.3 Å². The lowest BCUT2D eigenvalue weighted by Gasteiger charge is -2.42. The molecule has 1 saturated heterocycles. The summed E-state index contributed by atoms with van der Waals surface area (Å²) in [6.07, 6.45) is -2.06. The van der Waals surface area contributed by atoms with Gasteiger partial charge >= 0.3 is 0 Å². The number of amides is 1. The zero-order valence-electron chi connectivity index (χ0n) is 43.5. The number of nitrogens with zero attached hydrogens (tertiary/aromatic N) is 5. The number of aromatic nitrogens is 4. The first-order valence-electron chi connectivity index (χ1n) is 24.4. The Morgan fingerprint density at radius 1 is 0.863 bits per heavy atom. The number of nitriles is 1. The number of imidazole rings is 1. The Bertz CT molecular complexity index is 2780. The summed E-state index contributed by atoms with van der Waals surface area (Å²) in [6.45, 7) is 18.8. The van der Waals surface area contributed by atoms with Crippen LogP contribution in [0.4, 0.5) is 5.95 Å². The van der Waals surface area contributed by atoms with Crippen LogP contribution < -0.4 is 25.1 Å². The molecule has 1 aliphatic rings. The summed E-state index contributed by atoms with van der Waals surface area (Å²) in [7, 11) is -1.37. The number of fused-ring (bicyclic) bond motifs is 1. The van der Waals surface area contributed by atoms with Gasteiger partial charge < -0.3 is 37.2 Å². The number of rotatable bonds is 23. The van der Waals surface area contributed by atoms with Crippen LogP contribution in [-0.2, 0) is 33.3 Å². The van der Waals surface area contributed by atoms with Crippen molar-refractivity contribution in [1.82, 2.24) is 24.2 Å². The number of benzene rings is 4. The van der Waals surface area contributed by atoms with E-state index in [-0.39, 0.29) is 60.5 Å². The number of hydrogen-bond donors (Lipinski definition) is 2. The molecule has 1 fully saturated rings. The van der Waals surface area contributed by atoms with Gasteiger partial charge in [0.2, 0.25) is 5.95 Å². The van der Waals surface area contributed by atoms with Gasteiger partial charge in [0.25, 0.3) is 20.0 Å². The van der Waals surface area contributed by atoms with Gasteiger partial charge in [-0.1, -0.05) is 93.6 Å². The maximum absolute atomic E-state index is 13.8. The standard InChI is InChI=1S/C54H68N7O10PSi/c1-36(2)61(37(3)4)72(68-32-18-31-55)70-47-44(33-67-54(38-19-14-12-15-20-38,39-23-27-41(64-8)28-24-39)40-25-29-42(65-9)30-26-40)69-51(48(47)71-73(10,11)53(5,6)7)60-35-56-46-49(60)58-52(59-50(46)63)57-45(62)34-66-43-21-16-13-17-22-43/h12-17,19-30,35-37,44,47-48,51H,18,32-34H2,1-11H3,(H2,57,58,59,62,63)/t44-,47-,48-,51-,72?/m1/s1. The number of nitrogens with one attached hydrogen (secondary N) is 2. The van der Waals surface area contributed by atoms with Crippen molar-refractivity contribution >= 4 is 39.9 Å². The summed E-state index contributed by atoms with van der Waals surface area (Å²) in [5, 5.41) is 12.1. The lowest BCUT2D eigenvalue weighted by Crippen LogP contribution is -2.50. The van der Waals surface area contributed by atoms with Crippen LogP contribution in [-0.4, -0.2) is 103 Å². The molecule has 388 valence electrons. The van der Waals surface area contributed by atoms with Crippen LogP contribution in [0, 0.1) is 11.3 Å². The van der Waals surface area contributed by atoms with Gasteiger partial charge in [-0.05, 0) is 98.9 Å². The lowest BCUT2D eigenvalue weighted by atomic mass is 9.80. The van der Waals surface area contributed by atoms with Gasteiger partial charge in [0.1, 0.15) is 41.2 Å². The molecular formula is C54H68N7O10PSi. The normalized spacial score (nSPS) is 17.8. The molecule has 0 aliphatic carbocycles. The summed E-state index contributed by atoms with van der Waals surface area (Å²) in [6, 6.07) is 36.6. The number of carbonyl (C=O) groups is 1. The zero-order chi connectivity index (χ0) is 52.5. The number of anilines is 1. The van der Waals surface area contributed by atoms with Crippen LogP contribution in [0.1, 0.15) is 77.8 Å². The van der Waals surface area contributed by atoms with Crippen LogP contribution in [0.5, 0.6) is 17.2 Å².